The van der Waals surface area contributed by atoms with Crippen molar-refractivity contribution in [1.29, 1.82) is 0 Å². The molecule has 0 saturated carbocycles. The summed E-state index contributed by atoms with van der Waals surface area (Å²) in [6.07, 6.45) is 5.09. The number of aromatic nitrogens is 6. The molecule has 2 aromatic heterocycles. The Morgan fingerprint density at radius 3 is 2.79 bits per heavy atom. The van der Waals surface area contributed by atoms with Gasteiger partial charge in [0, 0.05) is 13.0 Å². The zero-order valence-electron chi connectivity index (χ0n) is 7.28. The molecule has 7 nitrogen and oxygen atoms in total. The van der Waals surface area contributed by atoms with E-state index in [4.69, 9.17) is 5.11 Å². The molecule has 0 saturated heterocycles. The number of aliphatic hydroxyl groups is 1. The Balaban J connectivity index is 2.22. The molecule has 0 amide bonds. The van der Waals surface area contributed by atoms with Gasteiger partial charge < -0.3 is 5.11 Å². The van der Waals surface area contributed by atoms with Crippen LogP contribution in [-0.4, -0.2) is 41.9 Å². The van der Waals surface area contributed by atoms with Gasteiger partial charge in [-0.15, -0.1) is 5.10 Å². The van der Waals surface area contributed by atoms with Crippen LogP contribution in [0.2, 0.25) is 0 Å². The number of hydrogen-bond acceptors (Lipinski definition) is 6. The van der Waals surface area contributed by atoms with E-state index in [1.165, 1.54) is 11.0 Å². The number of hydrogen-bond donors (Lipinski definition) is 1. The molecule has 2 heterocycles. The molecule has 0 aromatic carbocycles. The Labute approximate surface area is 79.4 Å². The molecular formula is C7H8N6O. The SMILES string of the molecule is OCCc1cnc(-n2cnnn2)cn1. The maximum Gasteiger partial charge on any atom is 0.175 e. The predicted octanol–water partition coefficient (Wildman–Crippen LogP) is -1.01. The van der Waals surface area contributed by atoms with Crippen molar-refractivity contribution in [3.8, 4) is 5.82 Å². The minimum Gasteiger partial charge on any atom is -0.396 e. The van der Waals surface area contributed by atoms with Crippen LogP contribution in [0.5, 0.6) is 0 Å². The highest BCUT2D eigenvalue weighted by molar-refractivity contribution is 5.15. The first-order valence-corrected chi connectivity index (χ1v) is 4.05. The third-order valence-corrected chi connectivity index (χ3v) is 1.64. The van der Waals surface area contributed by atoms with E-state index < -0.39 is 0 Å². The lowest BCUT2D eigenvalue weighted by Gasteiger charge is -1.99. The van der Waals surface area contributed by atoms with Crippen LogP contribution >= 0.6 is 0 Å². The van der Waals surface area contributed by atoms with Crippen molar-refractivity contribution in [2.45, 2.75) is 6.42 Å². The Morgan fingerprint density at radius 1 is 1.29 bits per heavy atom. The van der Waals surface area contributed by atoms with Crippen LogP contribution in [0.3, 0.4) is 0 Å². The standard InChI is InChI=1S/C7H8N6O/c14-2-1-6-3-9-7(4-8-6)13-5-10-11-12-13/h3-5,14H,1-2H2. The molecule has 0 atom stereocenters. The average Bonchev–Trinajstić information content (AvgIpc) is 2.72. The molecule has 2 rings (SSSR count). The molecule has 0 spiro atoms. The van der Waals surface area contributed by atoms with Crippen LogP contribution in [0.15, 0.2) is 18.7 Å². The minimum atomic E-state index is 0.0684. The zero-order valence-corrected chi connectivity index (χ0v) is 7.28. The van der Waals surface area contributed by atoms with Crippen LogP contribution in [0.1, 0.15) is 5.69 Å². The molecule has 0 aliphatic rings. The molecule has 0 radical (unpaired) electrons. The van der Waals surface area contributed by atoms with Gasteiger partial charge in [-0.25, -0.2) is 4.98 Å². The predicted molar refractivity (Wildman–Crippen MR) is 45.5 cm³/mol. The molecule has 0 bridgehead atoms. The zero-order chi connectivity index (χ0) is 9.80. The molecule has 7 heteroatoms. The van der Waals surface area contributed by atoms with Gasteiger partial charge in [0.05, 0.1) is 18.1 Å². The van der Waals surface area contributed by atoms with Crippen molar-refractivity contribution in [2.24, 2.45) is 0 Å². The molecular weight excluding hydrogens is 184 g/mol. The van der Waals surface area contributed by atoms with E-state index in [2.05, 4.69) is 25.5 Å². The summed E-state index contributed by atoms with van der Waals surface area (Å²) in [5, 5.41) is 19.3. The highest BCUT2D eigenvalue weighted by Gasteiger charge is 2.00. The Hall–Kier alpha value is -1.89. The third kappa shape index (κ3) is 1.72. The van der Waals surface area contributed by atoms with Crippen molar-refractivity contribution in [1.82, 2.24) is 30.2 Å². The van der Waals surface area contributed by atoms with Crippen LogP contribution < -0.4 is 0 Å². The third-order valence-electron chi connectivity index (χ3n) is 1.64. The van der Waals surface area contributed by atoms with E-state index in [-0.39, 0.29) is 6.61 Å². The van der Waals surface area contributed by atoms with Gasteiger partial charge in [-0.05, 0) is 10.4 Å². The largest absolute Gasteiger partial charge is 0.396 e. The van der Waals surface area contributed by atoms with E-state index in [0.29, 0.717) is 12.2 Å². The van der Waals surface area contributed by atoms with Crippen molar-refractivity contribution in [3.63, 3.8) is 0 Å². The monoisotopic (exact) mass is 192 g/mol. The fourth-order valence-corrected chi connectivity index (χ4v) is 0.976. The van der Waals surface area contributed by atoms with Gasteiger partial charge in [0.15, 0.2) is 5.82 Å². The van der Waals surface area contributed by atoms with Crippen molar-refractivity contribution >= 4 is 0 Å². The van der Waals surface area contributed by atoms with E-state index in [1.807, 2.05) is 0 Å². The number of aliphatic hydroxyl groups excluding tert-OH is 1. The molecule has 14 heavy (non-hydrogen) atoms. The second kappa shape index (κ2) is 3.88. The smallest absolute Gasteiger partial charge is 0.175 e. The van der Waals surface area contributed by atoms with E-state index >= 15 is 0 Å². The first kappa shape index (κ1) is 8.70. The lowest BCUT2D eigenvalue weighted by atomic mass is 10.3. The summed E-state index contributed by atoms with van der Waals surface area (Å²) in [5.74, 6) is 0.552. The molecule has 1 N–H and O–H groups in total. The second-order valence-corrected chi connectivity index (χ2v) is 2.59. The quantitative estimate of drug-likeness (QED) is 0.670. The first-order chi connectivity index (χ1) is 6.90. The van der Waals surface area contributed by atoms with Crippen molar-refractivity contribution in [2.75, 3.05) is 6.61 Å². The van der Waals surface area contributed by atoms with E-state index in [0.717, 1.165) is 5.69 Å². The number of tetrazole rings is 1. The minimum absolute atomic E-state index is 0.0684. The second-order valence-electron chi connectivity index (χ2n) is 2.59. The molecule has 2 aromatic rings. The van der Waals surface area contributed by atoms with Gasteiger partial charge in [-0.3, -0.25) is 4.98 Å². The summed E-state index contributed by atoms with van der Waals surface area (Å²) >= 11 is 0. The molecule has 0 aliphatic heterocycles. The summed E-state index contributed by atoms with van der Waals surface area (Å²) in [6.45, 7) is 0.0684. The van der Waals surface area contributed by atoms with Gasteiger partial charge in [0.2, 0.25) is 0 Å². The highest BCUT2D eigenvalue weighted by Crippen LogP contribution is 1.99. The van der Waals surface area contributed by atoms with Gasteiger partial charge in [0.25, 0.3) is 0 Å². The van der Waals surface area contributed by atoms with Crippen molar-refractivity contribution < 1.29 is 5.11 Å². The van der Waals surface area contributed by atoms with Gasteiger partial charge in [0.1, 0.15) is 6.33 Å². The lowest BCUT2D eigenvalue weighted by Crippen LogP contribution is -2.02. The molecule has 0 unspecified atom stereocenters. The van der Waals surface area contributed by atoms with E-state index in [9.17, 15) is 0 Å². The fraction of sp³-hybridized carbons (Fsp3) is 0.286. The van der Waals surface area contributed by atoms with Gasteiger partial charge >= 0.3 is 0 Å². The maximum atomic E-state index is 8.67. The fourth-order valence-electron chi connectivity index (χ4n) is 0.976. The first-order valence-electron chi connectivity index (χ1n) is 4.05. The van der Waals surface area contributed by atoms with Crippen molar-refractivity contribution in [3.05, 3.63) is 24.4 Å². The lowest BCUT2D eigenvalue weighted by molar-refractivity contribution is 0.298. The summed E-state index contributed by atoms with van der Waals surface area (Å²) < 4.78 is 1.41. The number of nitrogens with zero attached hydrogens (tertiary/aromatic N) is 6. The molecule has 0 aliphatic carbocycles. The van der Waals surface area contributed by atoms with E-state index in [1.54, 1.807) is 12.4 Å². The van der Waals surface area contributed by atoms with Gasteiger partial charge in [-0.1, -0.05) is 0 Å². The van der Waals surface area contributed by atoms with Crippen LogP contribution in [-0.2, 0) is 6.42 Å². The highest BCUT2D eigenvalue weighted by atomic mass is 16.3. The summed E-state index contributed by atoms with van der Waals surface area (Å²) in [4.78, 5) is 8.17. The molecule has 72 valence electrons. The van der Waals surface area contributed by atoms with Crippen LogP contribution in [0, 0.1) is 0 Å². The van der Waals surface area contributed by atoms with Crippen LogP contribution in [0.4, 0.5) is 0 Å². The van der Waals surface area contributed by atoms with Gasteiger partial charge in [-0.2, -0.15) is 4.68 Å². The van der Waals surface area contributed by atoms with Crippen LogP contribution in [0.25, 0.3) is 5.82 Å². The summed E-state index contributed by atoms with van der Waals surface area (Å²) in [5.41, 5.74) is 0.740. The molecule has 0 fully saturated rings. The summed E-state index contributed by atoms with van der Waals surface area (Å²) in [6, 6.07) is 0. The normalized spacial score (nSPS) is 10.4. The Morgan fingerprint density at radius 2 is 2.21 bits per heavy atom. The number of rotatable bonds is 3. The Kier molecular flexibility index (Phi) is 2.41. The maximum absolute atomic E-state index is 8.67. The average molecular weight is 192 g/mol. The summed E-state index contributed by atoms with van der Waals surface area (Å²) in [7, 11) is 0. The Bertz CT molecular complexity index is 383. The topological polar surface area (TPSA) is 89.6 Å².